The number of nitrogens with zero attached hydrogens (tertiary/aromatic N) is 2. The van der Waals surface area contributed by atoms with Crippen LogP contribution in [0, 0.1) is 0 Å². The van der Waals surface area contributed by atoms with E-state index in [0.29, 0.717) is 11.8 Å². The Hall–Kier alpha value is -0.720. The first kappa shape index (κ1) is 13.3. The van der Waals surface area contributed by atoms with Crippen molar-refractivity contribution in [2.75, 3.05) is 13.1 Å². The summed E-state index contributed by atoms with van der Waals surface area (Å²) in [5.74, 6) is 1.73. The van der Waals surface area contributed by atoms with Crippen LogP contribution in [0.5, 0.6) is 0 Å². The summed E-state index contributed by atoms with van der Waals surface area (Å²) in [7, 11) is 0. The van der Waals surface area contributed by atoms with Crippen LogP contribution < -0.4 is 5.32 Å². The predicted molar refractivity (Wildman–Crippen MR) is 80.0 cm³/mol. The molecule has 1 fully saturated rings. The molecule has 0 bridgehead atoms. The molecule has 1 saturated heterocycles. The van der Waals surface area contributed by atoms with Gasteiger partial charge in [0.2, 0.25) is 0 Å². The van der Waals surface area contributed by atoms with E-state index < -0.39 is 0 Å². The molecule has 4 nitrogen and oxygen atoms in total. The zero-order valence-electron chi connectivity index (χ0n) is 10.2. The molecule has 6 heteroatoms. The first-order chi connectivity index (χ1) is 9.24. The number of aromatic nitrogens is 2. The second-order valence-electron chi connectivity index (χ2n) is 4.63. The molecule has 3 rings (SSSR count). The van der Waals surface area contributed by atoms with Gasteiger partial charge in [0.05, 0.1) is 5.56 Å². The normalized spacial score (nSPS) is 19.6. The summed E-state index contributed by atoms with van der Waals surface area (Å²) in [5.41, 5.74) is 0.922. The van der Waals surface area contributed by atoms with Crippen LogP contribution in [0.2, 0.25) is 0 Å². The van der Waals surface area contributed by atoms with Crippen LogP contribution in [0.4, 0.5) is 0 Å². The summed E-state index contributed by atoms with van der Waals surface area (Å²) >= 11 is 6.95. The fourth-order valence-corrected chi connectivity index (χ4v) is 3.46. The molecule has 1 atom stereocenters. The van der Waals surface area contributed by atoms with Gasteiger partial charge >= 0.3 is 0 Å². The maximum atomic E-state index is 5.39. The summed E-state index contributed by atoms with van der Waals surface area (Å²) in [6, 6.07) is 5.90. The summed E-state index contributed by atoms with van der Waals surface area (Å²) in [5, 5.41) is 7.49. The highest BCUT2D eigenvalue weighted by Crippen LogP contribution is 2.31. The Balaban J connectivity index is 1.87. The van der Waals surface area contributed by atoms with Crippen molar-refractivity contribution >= 4 is 31.9 Å². The first-order valence-corrected chi connectivity index (χ1v) is 7.82. The number of hydrogen-bond acceptors (Lipinski definition) is 4. The Kier molecular flexibility index (Phi) is 4.00. The van der Waals surface area contributed by atoms with E-state index >= 15 is 0 Å². The fourth-order valence-electron chi connectivity index (χ4n) is 2.25. The maximum Gasteiger partial charge on any atom is 0.259 e. The Labute approximate surface area is 128 Å². The highest BCUT2D eigenvalue weighted by atomic mass is 79.9. The molecule has 100 valence electrons. The summed E-state index contributed by atoms with van der Waals surface area (Å²) < 4.78 is 7.35. The fraction of sp³-hybridized carbons (Fsp3) is 0.385. The highest BCUT2D eigenvalue weighted by molar-refractivity contribution is 9.11. The van der Waals surface area contributed by atoms with Gasteiger partial charge in [0.15, 0.2) is 5.82 Å². The molecule has 0 spiro atoms. The minimum Gasteiger partial charge on any atom is -0.334 e. The van der Waals surface area contributed by atoms with Crippen LogP contribution >= 0.6 is 31.9 Å². The Bertz CT molecular complexity index is 579. The third-order valence-electron chi connectivity index (χ3n) is 3.27. The molecule has 0 amide bonds. The number of piperidine rings is 1. The van der Waals surface area contributed by atoms with E-state index in [2.05, 4.69) is 47.3 Å². The van der Waals surface area contributed by atoms with E-state index in [1.807, 2.05) is 18.2 Å². The molecule has 1 aromatic carbocycles. The molecule has 0 radical (unpaired) electrons. The number of hydrogen-bond donors (Lipinski definition) is 1. The van der Waals surface area contributed by atoms with Crippen molar-refractivity contribution in [1.29, 1.82) is 0 Å². The molecule has 0 saturated carbocycles. The van der Waals surface area contributed by atoms with E-state index in [1.165, 1.54) is 0 Å². The van der Waals surface area contributed by atoms with E-state index in [1.54, 1.807) is 0 Å². The molecule has 1 aliphatic rings. The molecule has 19 heavy (non-hydrogen) atoms. The zero-order chi connectivity index (χ0) is 13.2. The highest BCUT2D eigenvalue weighted by Gasteiger charge is 2.21. The summed E-state index contributed by atoms with van der Waals surface area (Å²) in [4.78, 5) is 4.53. The number of benzene rings is 1. The summed E-state index contributed by atoms with van der Waals surface area (Å²) in [6.07, 6.45) is 2.28. The monoisotopic (exact) mass is 385 g/mol. The van der Waals surface area contributed by atoms with Gasteiger partial charge in [-0.05, 0) is 53.5 Å². The van der Waals surface area contributed by atoms with E-state index in [4.69, 9.17) is 4.52 Å². The van der Waals surface area contributed by atoms with Crippen molar-refractivity contribution in [3.05, 3.63) is 33.0 Å². The Morgan fingerprint density at radius 1 is 1.32 bits per heavy atom. The van der Waals surface area contributed by atoms with Crippen molar-refractivity contribution in [2.45, 2.75) is 18.8 Å². The van der Waals surface area contributed by atoms with E-state index in [0.717, 1.165) is 46.3 Å². The van der Waals surface area contributed by atoms with Gasteiger partial charge in [-0.1, -0.05) is 21.1 Å². The standard InChI is InChI=1S/C13H13Br2N3O/c14-9-3-4-10(11(15)6-9)13-17-12(18-19-13)8-2-1-5-16-7-8/h3-4,6,8,16H,1-2,5,7H2. The van der Waals surface area contributed by atoms with Gasteiger partial charge < -0.3 is 9.84 Å². The molecule has 1 aliphatic heterocycles. The zero-order valence-corrected chi connectivity index (χ0v) is 13.4. The lowest BCUT2D eigenvalue weighted by Gasteiger charge is -2.19. The maximum absolute atomic E-state index is 5.39. The third kappa shape index (κ3) is 2.90. The van der Waals surface area contributed by atoms with Crippen molar-refractivity contribution in [2.24, 2.45) is 0 Å². The molecular weight excluding hydrogens is 374 g/mol. The molecule has 0 aliphatic carbocycles. The van der Waals surface area contributed by atoms with Gasteiger partial charge in [-0.3, -0.25) is 0 Å². The van der Waals surface area contributed by atoms with Gasteiger partial charge in [0.1, 0.15) is 0 Å². The number of nitrogens with one attached hydrogen (secondary N) is 1. The molecule has 1 unspecified atom stereocenters. The molecule has 2 aromatic rings. The summed E-state index contributed by atoms with van der Waals surface area (Å²) in [6.45, 7) is 2.01. The van der Waals surface area contributed by atoms with Gasteiger partial charge in [-0.15, -0.1) is 0 Å². The van der Waals surface area contributed by atoms with Crippen LogP contribution in [0.3, 0.4) is 0 Å². The van der Waals surface area contributed by atoms with E-state index in [9.17, 15) is 0 Å². The third-order valence-corrected chi connectivity index (χ3v) is 4.41. The lowest BCUT2D eigenvalue weighted by Crippen LogP contribution is -2.28. The average Bonchev–Trinajstić information content (AvgIpc) is 2.89. The second-order valence-corrected chi connectivity index (χ2v) is 6.40. The molecule has 1 aromatic heterocycles. The van der Waals surface area contributed by atoms with Crippen LogP contribution in [0.15, 0.2) is 31.7 Å². The largest absolute Gasteiger partial charge is 0.334 e. The van der Waals surface area contributed by atoms with Crippen molar-refractivity contribution in [3.63, 3.8) is 0 Å². The predicted octanol–water partition coefficient (Wildman–Crippen LogP) is 3.73. The lowest BCUT2D eigenvalue weighted by atomic mass is 9.99. The molecule has 2 heterocycles. The van der Waals surface area contributed by atoms with Crippen molar-refractivity contribution < 1.29 is 4.52 Å². The minimum atomic E-state index is 0.362. The minimum absolute atomic E-state index is 0.362. The van der Waals surface area contributed by atoms with Crippen LogP contribution in [-0.2, 0) is 0 Å². The van der Waals surface area contributed by atoms with Gasteiger partial charge in [0, 0.05) is 21.4 Å². The smallest absolute Gasteiger partial charge is 0.259 e. The van der Waals surface area contributed by atoms with Gasteiger partial charge in [-0.25, -0.2) is 0 Å². The van der Waals surface area contributed by atoms with Crippen molar-refractivity contribution in [1.82, 2.24) is 15.5 Å². The SMILES string of the molecule is Brc1ccc(-c2nc(C3CCCNC3)no2)c(Br)c1. The average molecular weight is 387 g/mol. The number of halogens is 2. The van der Waals surface area contributed by atoms with Gasteiger partial charge in [0.25, 0.3) is 5.89 Å². The topological polar surface area (TPSA) is 51.0 Å². The van der Waals surface area contributed by atoms with Crippen LogP contribution in [0.1, 0.15) is 24.6 Å². The Morgan fingerprint density at radius 2 is 2.21 bits per heavy atom. The van der Waals surface area contributed by atoms with Crippen LogP contribution in [-0.4, -0.2) is 23.2 Å². The quantitative estimate of drug-likeness (QED) is 0.854. The molecule has 1 N–H and O–H groups in total. The first-order valence-electron chi connectivity index (χ1n) is 6.24. The lowest BCUT2D eigenvalue weighted by molar-refractivity contribution is 0.393. The number of rotatable bonds is 2. The van der Waals surface area contributed by atoms with E-state index in [-0.39, 0.29) is 0 Å². The Morgan fingerprint density at radius 3 is 2.95 bits per heavy atom. The van der Waals surface area contributed by atoms with Crippen LogP contribution in [0.25, 0.3) is 11.5 Å². The van der Waals surface area contributed by atoms with Gasteiger partial charge in [-0.2, -0.15) is 4.98 Å². The second kappa shape index (κ2) is 5.73. The molecular formula is C13H13Br2N3O. The van der Waals surface area contributed by atoms with Crippen molar-refractivity contribution in [3.8, 4) is 11.5 Å².